The van der Waals surface area contributed by atoms with Gasteiger partial charge in [0, 0.05) is 6.07 Å². The highest BCUT2D eigenvalue weighted by atomic mass is 35.5. The Bertz CT molecular complexity index is 1140. The quantitative estimate of drug-likeness (QED) is 0.529. The van der Waals surface area contributed by atoms with Crippen LogP contribution < -0.4 is 21.9 Å². The smallest absolute Gasteiger partial charge is 0.276 e. The van der Waals surface area contributed by atoms with Gasteiger partial charge in [-0.1, -0.05) is 23.7 Å². The number of nitrogen functional groups attached to an aromatic ring is 1. The summed E-state index contributed by atoms with van der Waals surface area (Å²) in [5.41, 5.74) is 4.69. The highest BCUT2D eigenvalue weighted by Gasteiger charge is 2.43. The van der Waals surface area contributed by atoms with E-state index in [1.165, 1.54) is 41.2 Å². The molecule has 0 spiro atoms. The fourth-order valence-electron chi connectivity index (χ4n) is 3.37. The predicted molar refractivity (Wildman–Crippen MR) is 103 cm³/mol. The highest BCUT2D eigenvalue weighted by Crippen LogP contribution is 2.37. The Balaban J connectivity index is 1.89. The molecule has 0 aliphatic carbocycles. The summed E-state index contributed by atoms with van der Waals surface area (Å²) in [5, 5.41) is 16.4. The first kappa shape index (κ1) is 18.4. The van der Waals surface area contributed by atoms with Gasteiger partial charge >= 0.3 is 0 Å². The van der Waals surface area contributed by atoms with Crippen LogP contribution in [0.4, 0.5) is 21.7 Å². The van der Waals surface area contributed by atoms with E-state index in [9.17, 15) is 14.3 Å². The number of halogens is 2. The Labute approximate surface area is 163 Å². The van der Waals surface area contributed by atoms with Gasteiger partial charge < -0.3 is 16.2 Å². The average molecular weight is 403 g/mol. The van der Waals surface area contributed by atoms with E-state index in [2.05, 4.69) is 20.6 Å². The van der Waals surface area contributed by atoms with E-state index < -0.39 is 23.3 Å². The van der Waals surface area contributed by atoms with Gasteiger partial charge in [-0.3, -0.25) is 14.7 Å². The van der Waals surface area contributed by atoms with E-state index >= 15 is 0 Å². The molecular formula is C18H16ClFN6O2. The van der Waals surface area contributed by atoms with Crippen molar-refractivity contribution < 1.29 is 9.50 Å². The third-order valence-corrected chi connectivity index (χ3v) is 4.95. The van der Waals surface area contributed by atoms with Gasteiger partial charge in [0.05, 0.1) is 10.7 Å². The van der Waals surface area contributed by atoms with Crippen molar-refractivity contribution in [2.75, 3.05) is 11.1 Å². The summed E-state index contributed by atoms with van der Waals surface area (Å²) in [6.45, 7) is 1.66. The molecular weight excluding hydrogens is 387 g/mol. The highest BCUT2D eigenvalue weighted by molar-refractivity contribution is 6.31. The maximum atomic E-state index is 13.8. The van der Waals surface area contributed by atoms with Crippen LogP contribution in [0, 0.1) is 5.82 Å². The number of nitrogens with one attached hydrogen (secondary N) is 2. The molecule has 2 aromatic heterocycles. The first-order chi connectivity index (χ1) is 13.3. The largest absolute Gasteiger partial charge is 0.384 e. The van der Waals surface area contributed by atoms with Gasteiger partial charge in [0.1, 0.15) is 41.4 Å². The van der Waals surface area contributed by atoms with Crippen LogP contribution in [0.1, 0.15) is 24.4 Å². The molecule has 1 aromatic carbocycles. The molecule has 1 aliphatic rings. The molecule has 0 bridgehead atoms. The van der Waals surface area contributed by atoms with E-state index in [1.54, 1.807) is 13.0 Å². The number of aliphatic hydroxyl groups is 1. The zero-order valence-electron chi connectivity index (χ0n) is 14.6. The number of fused-ring (bicyclic) bond motifs is 1. The normalized spacial score (nSPS) is 20.8. The monoisotopic (exact) mass is 402 g/mol. The van der Waals surface area contributed by atoms with E-state index in [1.807, 2.05) is 0 Å². The summed E-state index contributed by atoms with van der Waals surface area (Å²) in [6.07, 6.45) is 0.0455. The predicted octanol–water partition coefficient (Wildman–Crippen LogP) is 2.07. The second kappa shape index (κ2) is 6.55. The molecule has 2 atom stereocenters. The van der Waals surface area contributed by atoms with Gasteiger partial charge in [-0.2, -0.15) is 0 Å². The Morgan fingerprint density at radius 3 is 2.86 bits per heavy atom. The zero-order valence-corrected chi connectivity index (χ0v) is 15.4. The van der Waals surface area contributed by atoms with Crippen molar-refractivity contribution in [2.24, 2.45) is 0 Å². The SMILES string of the molecule is CC1(c2cccc(F)c2)NC(O)c2c(Cl)cc(Nc3cc(N)ncn3)c(=O)n21. The van der Waals surface area contributed by atoms with Crippen molar-refractivity contribution >= 4 is 28.9 Å². The first-order valence-electron chi connectivity index (χ1n) is 8.32. The molecule has 0 saturated carbocycles. The van der Waals surface area contributed by atoms with Crippen LogP contribution >= 0.6 is 11.6 Å². The fraction of sp³-hybridized carbons (Fsp3) is 0.167. The second-order valence-corrected chi connectivity index (χ2v) is 6.92. The van der Waals surface area contributed by atoms with Gasteiger partial charge in [-0.25, -0.2) is 14.4 Å². The van der Waals surface area contributed by atoms with E-state index in [0.717, 1.165) is 0 Å². The Morgan fingerprint density at radius 2 is 2.14 bits per heavy atom. The number of pyridine rings is 1. The van der Waals surface area contributed by atoms with Crippen molar-refractivity contribution in [1.29, 1.82) is 0 Å². The number of hydrogen-bond acceptors (Lipinski definition) is 7. The van der Waals surface area contributed by atoms with Gasteiger partial charge in [0.2, 0.25) is 0 Å². The molecule has 144 valence electrons. The number of hydrogen-bond donors (Lipinski definition) is 4. The van der Waals surface area contributed by atoms with Crippen LogP contribution in [-0.2, 0) is 5.66 Å². The average Bonchev–Trinajstić information content (AvgIpc) is 2.92. The summed E-state index contributed by atoms with van der Waals surface area (Å²) in [4.78, 5) is 21.1. The Hall–Kier alpha value is -3.01. The summed E-state index contributed by atoms with van der Waals surface area (Å²) < 4.78 is 15.1. The number of rotatable bonds is 3. The minimum absolute atomic E-state index is 0.116. The van der Waals surface area contributed by atoms with Crippen molar-refractivity contribution in [3.8, 4) is 0 Å². The molecule has 4 rings (SSSR count). The van der Waals surface area contributed by atoms with Crippen LogP contribution in [0.3, 0.4) is 0 Å². The molecule has 3 aromatic rings. The summed E-state index contributed by atoms with van der Waals surface area (Å²) >= 11 is 6.35. The van der Waals surface area contributed by atoms with Crippen molar-refractivity contribution in [1.82, 2.24) is 19.9 Å². The molecule has 2 unspecified atom stereocenters. The minimum atomic E-state index is -1.22. The lowest BCUT2D eigenvalue weighted by molar-refractivity contribution is 0.125. The number of anilines is 3. The van der Waals surface area contributed by atoms with Crippen molar-refractivity contribution in [3.05, 3.63) is 75.2 Å². The molecule has 5 N–H and O–H groups in total. The maximum Gasteiger partial charge on any atom is 0.276 e. The van der Waals surface area contributed by atoms with Gasteiger partial charge in [0.15, 0.2) is 0 Å². The van der Waals surface area contributed by atoms with Gasteiger partial charge in [0.25, 0.3) is 5.56 Å². The van der Waals surface area contributed by atoms with Crippen LogP contribution in [0.15, 0.2) is 47.5 Å². The third kappa shape index (κ3) is 2.89. The number of aromatic nitrogens is 3. The molecule has 0 fully saturated rings. The van der Waals surface area contributed by atoms with Crippen molar-refractivity contribution in [2.45, 2.75) is 18.8 Å². The van der Waals surface area contributed by atoms with Crippen LogP contribution in [0.5, 0.6) is 0 Å². The third-order valence-electron chi connectivity index (χ3n) is 4.65. The van der Waals surface area contributed by atoms with Gasteiger partial charge in [-0.15, -0.1) is 0 Å². The zero-order chi connectivity index (χ0) is 20.1. The molecule has 1 aliphatic heterocycles. The topological polar surface area (TPSA) is 118 Å². The molecule has 0 saturated heterocycles. The molecule has 3 heterocycles. The molecule has 10 heteroatoms. The van der Waals surface area contributed by atoms with E-state index in [-0.39, 0.29) is 22.2 Å². The summed E-state index contributed by atoms with van der Waals surface area (Å²) in [7, 11) is 0. The lowest BCUT2D eigenvalue weighted by Crippen LogP contribution is -2.45. The standard InChI is InChI=1S/C18H16ClFN6O2/c1-18(9-3-2-4-10(20)5-9)25-16(27)15-11(19)6-12(17(28)26(15)18)24-14-7-13(21)22-8-23-14/h2-8,16,25,27H,1H3,(H3,21,22,23,24). The lowest BCUT2D eigenvalue weighted by atomic mass is 10.0. The summed E-state index contributed by atoms with van der Waals surface area (Å²) in [5.74, 6) is 0.0695. The molecule has 8 nitrogen and oxygen atoms in total. The Morgan fingerprint density at radius 1 is 1.36 bits per heavy atom. The number of nitrogens with two attached hydrogens (primary N) is 1. The summed E-state index contributed by atoms with van der Waals surface area (Å²) in [6, 6.07) is 8.64. The van der Waals surface area contributed by atoms with E-state index in [0.29, 0.717) is 11.4 Å². The van der Waals surface area contributed by atoms with Gasteiger partial charge in [-0.05, 0) is 30.7 Å². The fourth-order valence-corrected chi connectivity index (χ4v) is 3.66. The number of benzene rings is 1. The van der Waals surface area contributed by atoms with Crippen LogP contribution in [-0.4, -0.2) is 19.6 Å². The lowest BCUT2D eigenvalue weighted by Gasteiger charge is -2.28. The van der Waals surface area contributed by atoms with Crippen LogP contribution in [0.25, 0.3) is 0 Å². The molecule has 28 heavy (non-hydrogen) atoms. The molecule has 0 radical (unpaired) electrons. The maximum absolute atomic E-state index is 13.8. The second-order valence-electron chi connectivity index (χ2n) is 6.51. The van der Waals surface area contributed by atoms with E-state index in [4.69, 9.17) is 17.3 Å². The number of nitrogens with zero attached hydrogens (tertiary/aromatic N) is 3. The number of aliphatic hydroxyl groups excluding tert-OH is 1. The van der Waals surface area contributed by atoms with Crippen LogP contribution in [0.2, 0.25) is 5.02 Å². The Kier molecular flexibility index (Phi) is 4.30. The minimum Gasteiger partial charge on any atom is -0.384 e. The molecule has 0 amide bonds. The first-order valence-corrected chi connectivity index (χ1v) is 8.69. The van der Waals surface area contributed by atoms with Crippen molar-refractivity contribution in [3.63, 3.8) is 0 Å².